The molecule has 0 amide bonds. The van der Waals surface area contributed by atoms with E-state index in [4.69, 9.17) is 15.0 Å². The van der Waals surface area contributed by atoms with Crippen molar-refractivity contribution >= 4 is 75.1 Å². The second-order valence-electron chi connectivity index (χ2n) is 16.0. The normalized spacial score (nSPS) is 11.8. The Labute approximate surface area is 366 Å². The predicted octanol–water partition coefficient (Wildman–Crippen LogP) is 15.1. The highest BCUT2D eigenvalue weighted by molar-refractivity contribution is 7.26. The van der Waals surface area contributed by atoms with E-state index in [1.165, 1.54) is 32.0 Å². The molecular weight excluding hydrogens is 787 g/mol. The maximum absolute atomic E-state index is 5.56. The Kier molecular flexibility index (Phi) is 8.01. The molecule has 0 bridgehead atoms. The molecule has 9 aromatic carbocycles. The van der Waals surface area contributed by atoms with Gasteiger partial charge in [0.2, 0.25) is 5.95 Å². The average Bonchev–Trinajstić information content (AvgIpc) is 4.02. The molecule has 0 aliphatic carbocycles. The summed E-state index contributed by atoms with van der Waals surface area (Å²) >= 11 is 1.80. The van der Waals surface area contributed by atoms with Gasteiger partial charge in [0.15, 0.2) is 11.6 Å². The molecule has 6 heteroatoms. The molecule has 13 aromatic rings. The first-order valence-electron chi connectivity index (χ1n) is 21.2. The van der Waals surface area contributed by atoms with Gasteiger partial charge in [-0.2, -0.15) is 9.97 Å². The molecule has 63 heavy (non-hydrogen) atoms. The first kappa shape index (κ1) is 35.6. The summed E-state index contributed by atoms with van der Waals surface area (Å²) in [5, 5.41) is 7.10. The zero-order chi connectivity index (χ0) is 41.4. The van der Waals surface area contributed by atoms with Gasteiger partial charge in [0, 0.05) is 58.5 Å². The monoisotopic (exact) mass is 821 g/mol. The molecule has 0 radical (unpaired) electrons. The number of benzene rings is 9. The Morgan fingerprint density at radius 3 is 1.56 bits per heavy atom. The molecule has 13 rings (SSSR count). The van der Waals surface area contributed by atoms with Gasteiger partial charge in [-0.05, 0) is 64.7 Å². The van der Waals surface area contributed by atoms with Crippen molar-refractivity contribution in [3.63, 3.8) is 0 Å². The van der Waals surface area contributed by atoms with E-state index in [1.54, 1.807) is 11.3 Å². The van der Waals surface area contributed by atoms with Crippen molar-refractivity contribution in [1.29, 1.82) is 0 Å². The highest BCUT2D eigenvalue weighted by Gasteiger charge is 2.23. The Bertz CT molecular complexity index is 3850. The zero-order valence-corrected chi connectivity index (χ0v) is 34.7. The molecule has 0 atom stereocenters. The molecule has 4 aromatic heterocycles. The lowest BCUT2D eigenvalue weighted by atomic mass is 9.98. The molecule has 0 spiro atoms. The number of nitrogens with zero attached hydrogens (tertiary/aromatic N) is 5. The van der Waals surface area contributed by atoms with E-state index in [9.17, 15) is 0 Å². The van der Waals surface area contributed by atoms with Gasteiger partial charge in [0.1, 0.15) is 0 Å². The fourth-order valence-corrected chi connectivity index (χ4v) is 10.8. The van der Waals surface area contributed by atoms with E-state index in [-0.39, 0.29) is 0 Å². The van der Waals surface area contributed by atoms with Crippen LogP contribution in [0.3, 0.4) is 0 Å². The fourth-order valence-electron chi connectivity index (χ4n) is 9.57. The molecule has 0 saturated heterocycles. The number of aromatic nitrogens is 5. The summed E-state index contributed by atoms with van der Waals surface area (Å²) < 4.78 is 6.96. The maximum Gasteiger partial charge on any atom is 0.238 e. The van der Waals surface area contributed by atoms with E-state index in [0.717, 1.165) is 70.9 Å². The molecule has 4 heterocycles. The quantitative estimate of drug-likeness (QED) is 0.168. The Balaban J connectivity index is 1.15. The van der Waals surface area contributed by atoms with Gasteiger partial charge in [0.25, 0.3) is 0 Å². The molecule has 0 aliphatic rings. The lowest BCUT2D eigenvalue weighted by molar-refractivity contribution is 0.954. The molecule has 0 unspecified atom stereocenters. The molecule has 294 valence electrons. The Morgan fingerprint density at radius 2 is 0.889 bits per heavy atom. The van der Waals surface area contributed by atoms with Crippen molar-refractivity contribution in [2.75, 3.05) is 0 Å². The van der Waals surface area contributed by atoms with Crippen LogP contribution in [0.1, 0.15) is 0 Å². The standard InChI is InChI=1S/C57H35N5S/c1-4-17-36(18-5-1)39-31-32-45-44-25-12-15-29-50(44)62(51(45)33-39)57-59-55(38-21-8-3-9-22-38)58-56(60-57)47-35-40(61-48-27-13-10-23-42(48)43-24-11-14-28-49(43)61)34-46-53-41(37-19-6-2-7-20-37)26-16-30-52(53)63-54(46)47/h1-35H. The van der Waals surface area contributed by atoms with E-state index in [2.05, 4.69) is 203 Å². The molecular formula is C57H35N5S. The Morgan fingerprint density at radius 1 is 0.333 bits per heavy atom. The zero-order valence-electron chi connectivity index (χ0n) is 33.9. The number of hydrogen-bond acceptors (Lipinski definition) is 4. The molecule has 0 saturated carbocycles. The van der Waals surface area contributed by atoms with Crippen LogP contribution >= 0.6 is 11.3 Å². The van der Waals surface area contributed by atoms with E-state index >= 15 is 0 Å². The summed E-state index contributed by atoms with van der Waals surface area (Å²) in [6.07, 6.45) is 0. The van der Waals surface area contributed by atoms with E-state index in [0.29, 0.717) is 17.6 Å². The summed E-state index contributed by atoms with van der Waals surface area (Å²) in [5.41, 5.74) is 11.9. The topological polar surface area (TPSA) is 48.5 Å². The smallest absolute Gasteiger partial charge is 0.238 e. The van der Waals surface area contributed by atoms with E-state index in [1.807, 2.05) is 18.2 Å². The highest BCUT2D eigenvalue weighted by Crippen LogP contribution is 2.46. The summed E-state index contributed by atoms with van der Waals surface area (Å²) in [6.45, 7) is 0. The van der Waals surface area contributed by atoms with Crippen LogP contribution in [0.25, 0.3) is 120 Å². The van der Waals surface area contributed by atoms with Gasteiger partial charge in [-0.1, -0.05) is 170 Å². The minimum atomic E-state index is 0.566. The van der Waals surface area contributed by atoms with Gasteiger partial charge in [-0.3, -0.25) is 4.57 Å². The van der Waals surface area contributed by atoms with Crippen LogP contribution in [-0.2, 0) is 0 Å². The van der Waals surface area contributed by atoms with Gasteiger partial charge in [-0.25, -0.2) is 4.98 Å². The second kappa shape index (κ2) is 14.2. The Hall–Kier alpha value is -8.19. The summed E-state index contributed by atoms with van der Waals surface area (Å²) in [5.74, 6) is 1.79. The first-order valence-corrected chi connectivity index (χ1v) is 22.0. The van der Waals surface area contributed by atoms with Gasteiger partial charge in [0.05, 0.1) is 22.1 Å². The van der Waals surface area contributed by atoms with Crippen LogP contribution in [0.2, 0.25) is 0 Å². The van der Waals surface area contributed by atoms with Crippen molar-refractivity contribution in [2.45, 2.75) is 0 Å². The van der Waals surface area contributed by atoms with Crippen molar-refractivity contribution < 1.29 is 0 Å². The molecule has 0 aliphatic heterocycles. The minimum Gasteiger partial charge on any atom is -0.309 e. The summed E-state index contributed by atoms with van der Waals surface area (Å²) in [6, 6.07) is 75.6. The highest BCUT2D eigenvalue weighted by atomic mass is 32.1. The van der Waals surface area contributed by atoms with Crippen LogP contribution in [0.4, 0.5) is 0 Å². The minimum absolute atomic E-state index is 0.566. The van der Waals surface area contributed by atoms with Crippen LogP contribution in [-0.4, -0.2) is 24.1 Å². The third-order valence-corrected chi connectivity index (χ3v) is 13.6. The SMILES string of the molecule is c1ccc(-c2ccc3c4ccccc4n(-c4nc(-c5ccccc5)nc(-c5cc(-n6c7ccccc7c7ccccc76)cc6c5sc5cccc(-c7ccccc7)c56)n4)c3c2)cc1. The number of hydrogen-bond donors (Lipinski definition) is 0. The molecule has 5 nitrogen and oxygen atoms in total. The lowest BCUT2D eigenvalue weighted by Crippen LogP contribution is -2.07. The van der Waals surface area contributed by atoms with Crippen molar-refractivity contribution in [3.8, 4) is 56.7 Å². The van der Waals surface area contributed by atoms with Crippen LogP contribution in [0.5, 0.6) is 0 Å². The predicted molar refractivity (Wildman–Crippen MR) is 263 cm³/mol. The fraction of sp³-hybridized carbons (Fsp3) is 0. The number of para-hydroxylation sites is 3. The summed E-state index contributed by atoms with van der Waals surface area (Å²) in [7, 11) is 0. The van der Waals surface area contributed by atoms with Crippen molar-refractivity contribution in [1.82, 2.24) is 24.1 Å². The molecule has 0 fully saturated rings. The van der Waals surface area contributed by atoms with Crippen LogP contribution < -0.4 is 0 Å². The second-order valence-corrected chi connectivity index (χ2v) is 17.0. The number of fused-ring (bicyclic) bond motifs is 9. The van der Waals surface area contributed by atoms with Gasteiger partial charge >= 0.3 is 0 Å². The van der Waals surface area contributed by atoms with Crippen molar-refractivity contribution in [3.05, 3.63) is 212 Å². The third kappa shape index (κ3) is 5.66. The summed E-state index contributed by atoms with van der Waals surface area (Å²) in [4.78, 5) is 16.3. The van der Waals surface area contributed by atoms with Crippen LogP contribution in [0, 0.1) is 0 Å². The first-order chi connectivity index (χ1) is 31.2. The van der Waals surface area contributed by atoms with E-state index < -0.39 is 0 Å². The van der Waals surface area contributed by atoms with Crippen LogP contribution in [0.15, 0.2) is 212 Å². The maximum atomic E-state index is 5.56. The lowest BCUT2D eigenvalue weighted by Gasteiger charge is -2.14. The third-order valence-electron chi connectivity index (χ3n) is 12.4. The molecule has 0 N–H and O–H groups in total. The largest absolute Gasteiger partial charge is 0.309 e. The average molecular weight is 822 g/mol. The van der Waals surface area contributed by atoms with Gasteiger partial charge in [-0.15, -0.1) is 11.3 Å². The number of rotatable bonds is 6. The number of thiophene rings is 1. The van der Waals surface area contributed by atoms with Gasteiger partial charge < -0.3 is 4.57 Å². The van der Waals surface area contributed by atoms with Crippen molar-refractivity contribution in [2.24, 2.45) is 0 Å².